The summed E-state index contributed by atoms with van der Waals surface area (Å²) in [5.74, 6) is 0. The molecule has 0 aliphatic heterocycles. The standard InChI is InChI=1S/C11H18/c1-5-7-9-11(8-6-2)10(3)4/h5,7,9H,3,6,8H2,1-2,4H3/b7-5-,11-9-. The van der Waals surface area contributed by atoms with Crippen molar-refractivity contribution < 1.29 is 0 Å². The lowest BCUT2D eigenvalue weighted by molar-refractivity contribution is 0.913. The van der Waals surface area contributed by atoms with Gasteiger partial charge in [-0.05, 0) is 25.8 Å². The van der Waals surface area contributed by atoms with Gasteiger partial charge in [-0.1, -0.05) is 43.7 Å². The number of rotatable bonds is 4. The summed E-state index contributed by atoms with van der Waals surface area (Å²) in [5.41, 5.74) is 2.55. The Kier molecular flexibility index (Phi) is 5.54. The van der Waals surface area contributed by atoms with E-state index in [0.29, 0.717) is 0 Å². The van der Waals surface area contributed by atoms with Crippen molar-refractivity contribution in [2.45, 2.75) is 33.6 Å². The topological polar surface area (TPSA) is 0 Å². The van der Waals surface area contributed by atoms with Crippen LogP contribution in [0.2, 0.25) is 0 Å². The second-order valence-corrected chi connectivity index (χ2v) is 2.75. The summed E-state index contributed by atoms with van der Waals surface area (Å²) in [5, 5.41) is 0. The number of hydrogen-bond acceptors (Lipinski definition) is 0. The number of allylic oxidation sites excluding steroid dienone is 5. The average molecular weight is 150 g/mol. The summed E-state index contributed by atoms with van der Waals surface area (Å²) in [6.45, 7) is 10.2. The summed E-state index contributed by atoms with van der Waals surface area (Å²) in [6.07, 6.45) is 8.58. The van der Waals surface area contributed by atoms with E-state index in [9.17, 15) is 0 Å². The van der Waals surface area contributed by atoms with Crippen LogP contribution in [0, 0.1) is 0 Å². The van der Waals surface area contributed by atoms with E-state index in [2.05, 4.69) is 32.6 Å². The van der Waals surface area contributed by atoms with E-state index in [1.807, 2.05) is 13.0 Å². The van der Waals surface area contributed by atoms with Gasteiger partial charge in [0, 0.05) is 0 Å². The van der Waals surface area contributed by atoms with E-state index >= 15 is 0 Å². The van der Waals surface area contributed by atoms with Crippen molar-refractivity contribution in [3.05, 3.63) is 36.0 Å². The quantitative estimate of drug-likeness (QED) is 0.534. The molecule has 62 valence electrons. The third kappa shape index (κ3) is 4.60. The summed E-state index contributed by atoms with van der Waals surface area (Å²) in [6, 6.07) is 0. The molecule has 0 rings (SSSR count). The molecule has 0 nitrogen and oxygen atoms in total. The average Bonchev–Trinajstić information content (AvgIpc) is 1.97. The molecule has 0 amide bonds. The van der Waals surface area contributed by atoms with Crippen LogP contribution in [-0.2, 0) is 0 Å². The highest BCUT2D eigenvalue weighted by Gasteiger charge is 1.93. The molecule has 0 fully saturated rings. The molecule has 0 spiro atoms. The fraction of sp³-hybridized carbons (Fsp3) is 0.455. The summed E-state index contributed by atoms with van der Waals surface area (Å²) in [7, 11) is 0. The normalized spacial score (nSPS) is 12.5. The van der Waals surface area contributed by atoms with E-state index < -0.39 is 0 Å². The third-order valence-electron chi connectivity index (χ3n) is 1.56. The molecule has 0 radical (unpaired) electrons. The van der Waals surface area contributed by atoms with Gasteiger partial charge in [0.15, 0.2) is 0 Å². The lowest BCUT2D eigenvalue weighted by Crippen LogP contribution is -1.82. The molecular weight excluding hydrogens is 132 g/mol. The van der Waals surface area contributed by atoms with Gasteiger partial charge >= 0.3 is 0 Å². The van der Waals surface area contributed by atoms with Gasteiger partial charge in [0.1, 0.15) is 0 Å². The Morgan fingerprint density at radius 2 is 2.09 bits per heavy atom. The zero-order valence-corrected chi connectivity index (χ0v) is 7.85. The minimum Gasteiger partial charge on any atom is -0.0958 e. The summed E-state index contributed by atoms with van der Waals surface area (Å²) in [4.78, 5) is 0. The number of hydrogen-bond donors (Lipinski definition) is 0. The maximum atomic E-state index is 3.92. The minimum atomic E-state index is 1.14. The third-order valence-corrected chi connectivity index (χ3v) is 1.56. The summed E-state index contributed by atoms with van der Waals surface area (Å²) < 4.78 is 0. The first-order chi connectivity index (χ1) is 5.22. The molecule has 11 heavy (non-hydrogen) atoms. The maximum Gasteiger partial charge on any atom is -0.0279 e. The van der Waals surface area contributed by atoms with Gasteiger partial charge in [-0.2, -0.15) is 0 Å². The van der Waals surface area contributed by atoms with Crippen molar-refractivity contribution in [3.8, 4) is 0 Å². The Morgan fingerprint density at radius 3 is 2.45 bits per heavy atom. The smallest absolute Gasteiger partial charge is 0.0279 e. The fourth-order valence-electron chi connectivity index (χ4n) is 0.921. The van der Waals surface area contributed by atoms with Crippen molar-refractivity contribution in [1.29, 1.82) is 0 Å². The molecule has 0 aromatic rings. The molecule has 0 saturated carbocycles. The van der Waals surface area contributed by atoms with Crippen molar-refractivity contribution in [3.63, 3.8) is 0 Å². The molecule has 0 aliphatic carbocycles. The second kappa shape index (κ2) is 5.96. The molecule has 0 saturated heterocycles. The van der Waals surface area contributed by atoms with Crippen LogP contribution < -0.4 is 0 Å². The molecule has 0 heteroatoms. The van der Waals surface area contributed by atoms with Gasteiger partial charge in [0.05, 0.1) is 0 Å². The van der Waals surface area contributed by atoms with Gasteiger partial charge in [0.2, 0.25) is 0 Å². The first-order valence-corrected chi connectivity index (χ1v) is 4.20. The molecule has 0 unspecified atom stereocenters. The van der Waals surface area contributed by atoms with Gasteiger partial charge in [-0.25, -0.2) is 0 Å². The van der Waals surface area contributed by atoms with Gasteiger partial charge < -0.3 is 0 Å². The largest absolute Gasteiger partial charge is 0.0958 e. The van der Waals surface area contributed by atoms with Crippen LogP contribution in [0.4, 0.5) is 0 Å². The van der Waals surface area contributed by atoms with E-state index in [0.717, 1.165) is 6.42 Å². The Hall–Kier alpha value is -0.780. The first-order valence-electron chi connectivity index (χ1n) is 4.20. The molecule has 0 aromatic carbocycles. The van der Waals surface area contributed by atoms with Crippen molar-refractivity contribution >= 4 is 0 Å². The first kappa shape index (κ1) is 10.2. The Bertz CT molecular complexity index is 170. The monoisotopic (exact) mass is 150 g/mol. The van der Waals surface area contributed by atoms with Crippen LogP contribution >= 0.6 is 0 Å². The van der Waals surface area contributed by atoms with Gasteiger partial charge in [0.25, 0.3) is 0 Å². The van der Waals surface area contributed by atoms with Crippen LogP contribution in [-0.4, -0.2) is 0 Å². The highest BCUT2D eigenvalue weighted by molar-refractivity contribution is 5.29. The Balaban J connectivity index is 4.20. The molecule has 0 atom stereocenters. The zero-order valence-electron chi connectivity index (χ0n) is 7.85. The molecule has 0 heterocycles. The lowest BCUT2D eigenvalue weighted by atomic mass is 10.0. The lowest BCUT2D eigenvalue weighted by Gasteiger charge is -2.02. The Labute approximate surface area is 70.3 Å². The SMILES string of the molecule is C=C(C)/C(=C\C=C/C)CCC. The van der Waals surface area contributed by atoms with Gasteiger partial charge in [-0.15, -0.1) is 0 Å². The predicted molar refractivity (Wildman–Crippen MR) is 52.6 cm³/mol. The van der Waals surface area contributed by atoms with Crippen molar-refractivity contribution in [2.75, 3.05) is 0 Å². The molecular formula is C11H18. The minimum absolute atomic E-state index is 1.14. The maximum absolute atomic E-state index is 3.92. The second-order valence-electron chi connectivity index (χ2n) is 2.75. The van der Waals surface area contributed by atoms with Crippen molar-refractivity contribution in [2.24, 2.45) is 0 Å². The van der Waals surface area contributed by atoms with Crippen LogP contribution in [0.15, 0.2) is 36.0 Å². The molecule has 0 aliphatic rings. The van der Waals surface area contributed by atoms with Gasteiger partial charge in [-0.3, -0.25) is 0 Å². The van der Waals surface area contributed by atoms with E-state index in [4.69, 9.17) is 0 Å². The Morgan fingerprint density at radius 1 is 1.45 bits per heavy atom. The molecule has 0 N–H and O–H groups in total. The summed E-state index contributed by atoms with van der Waals surface area (Å²) >= 11 is 0. The zero-order chi connectivity index (χ0) is 8.69. The highest BCUT2D eigenvalue weighted by atomic mass is 14.0. The van der Waals surface area contributed by atoms with E-state index in [-0.39, 0.29) is 0 Å². The molecule has 0 bridgehead atoms. The van der Waals surface area contributed by atoms with Crippen LogP contribution in [0.25, 0.3) is 0 Å². The van der Waals surface area contributed by atoms with Crippen LogP contribution in [0.1, 0.15) is 33.6 Å². The predicted octanol–water partition coefficient (Wildman–Crippen LogP) is 3.87. The van der Waals surface area contributed by atoms with Crippen LogP contribution in [0.3, 0.4) is 0 Å². The van der Waals surface area contributed by atoms with Crippen molar-refractivity contribution in [1.82, 2.24) is 0 Å². The fourth-order valence-corrected chi connectivity index (χ4v) is 0.921. The van der Waals surface area contributed by atoms with E-state index in [1.54, 1.807) is 0 Å². The van der Waals surface area contributed by atoms with Crippen LogP contribution in [0.5, 0.6) is 0 Å². The van der Waals surface area contributed by atoms with E-state index in [1.165, 1.54) is 17.6 Å². The molecule has 0 aromatic heterocycles. The highest BCUT2D eigenvalue weighted by Crippen LogP contribution is 2.13.